The Kier molecular flexibility index (Phi) is 5.90. The fourth-order valence-corrected chi connectivity index (χ4v) is 1.67. The highest BCUT2D eigenvalue weighted by Crippen LogP contribution is 2.12. The van der Waals surface area contributed by atoms with E-state index in [9.17, 15) is 9.59 Å². The van der Waals surface area contributed by atoms with E-state index in [0.717, 1.165) is 19.3 Å². The Morgan fingerprint density at radius 1 is 1.38 bits per heavy atom. The fourth-order valence-electron chi connectivity index (χ4n) is 1.67. The van der Waals surface area contributed by atoms with Crippen LogP contribution in [-0.2, 0) is 19.1 Å². The molecule has 92 valence electrons. The first-order chi connectivity index (χ1) is 7.74. The van der Waals surface area contributed by atoms with E-state index in [4.69, 9.17) is 9.47 Å². The van der Waals surface area contributed by atoms with Crippen LogP contribution in [0.2, 0.25) is 0 Å². The van der Waals surface area contributed by atoms with Gasteiger partial charge in [-0.1, -0.05) is 32.6 Å². The van der Waals surface area contributed by atoms with E-state index >= 15 is 0 Å². The van der Waals surface area contributed by atoms with Gasteiger partial charge in [0.15, 0.2) is 0 Å². The molecule has 0 radical (unpaired) electrons. The fraction of sp³-hybridized carbons (Fsp3) is 0.833. The second-order valence-corrected chi connectivity index (χ2v) is 4.10. The summed E-state index contributed by atoms with van der Waals surface area (Å²) < 4.78 is 9.72. The average Bonchev–Trinajstić information content (AvgIpc) is 2.64. The number of carbonyl (C=O) groups is 2. The van der Waals surface area contributed by atoms with Crippen molar-refractivity contribution in [2.24, 2.45) is 0 Å². The molecule has 0 aromatic rings. The number of ether oxygens (including phenoxy) is 2. The number of cyclic esters (lactones) is 1. The van der Waals surface area contributed by atoms with Crippen molar-refractivity contribution >= 4 is 11.9 Å². The Bertz CT molecular complexity index is 237. The van der Waals surface area contributed by atoms with Gasteiger partial charge in [-0.05, 0) is 6.42 Å². The largest absolute Gasteiger partial charge is 0.463 e. The van der Waals surface area contributed by atoms with Gasteiger partial charge >= 0.3 is 11.9 Å². The number of esters is 2. The third-order valence-corrected chi connectivity index (χ3v) is 2.65. The van der Waals surface area contributed by atoms with Crippen molar-refractivity contribution < 1.29 is 19.1 Å². The minimum absolute atomic E-state index is 0.277. The minimum Gasteiger partial charge on any atom is -0.463 e. The summed E-state index contributed by atoms with van der Waals surface area (Å²) >= 11 is 0. The van der Waals surface area contributed by atoms with E-state index < -0.39 is 12.1 Å². The van der Waals surface area contributed by atoms with E-state index in [-0.39, 0.29) is 5.97 Å². The molecule has 1 atom stereocenters. The molecule has 1 fully saturated rings. The molecule has 1 saturated heterocycles. The summed E-state index contributed by atoms with van der Waals surface area (Å²) in [6.07, 6.45) is 5.73. The van der Waals surface area contributed by atoms with E-state index in [1.165, 1.54) is 12.8 Å². The Morgan fingerprint density at radius 2 is 2.12 bits per heavy atom. The first-order valence-electron chi connectivity index (χ1n) is 6.10. The molecule has 0 unspecified atom stereocenters. The summed E-state index contributed by atoms with van der Waals surface area (Å²) in [5, 5.41) is 0. The highest BCUT2D eigenvalue weighted by Gasteiger charge is 2.29. The summed E-state index contributed by atoms with van der Waals surface area (Å²) in [5.41, 5.74) is 0. The van der Waals surface area contributed by atoms with Gasteiger partial charge in [-0.3, -0.25) is 4.79 Å². The Morgan fingerprint density at radius 3 is 2.75 bits per heavy atom. The van der Waals surface area contributed by atoms with Crippen molar-refractivity contribution in [2.75, 3.05) is 6.61 Å². The third kappa shape index (κ3) is 4.64. The van der Waals surface area contributed by atoms with E-state index in [1.807, 2.05) is 0 Å². The van der Waals surface area contributed by atoms with Gasteiger partial charge in [-0.25, -0.2) is 4.79 Å². The molecular weight excluding hydrogens is 208 g/mol. The van der Waals surface area contributed by atoms with Crippen LogP contribution in [0.25, 0.3) is 0 Å². The van der Waals surface area contributed by atoms with Crippen LogP contribution in [-0.4, -0.2) is 24.6 Å². The lowest BCUT2D eigenvalue weighted by molar-refractivity contribution is -0.160. The van der Waals surface area contributed by atoms with Gasteiger partial charge in [0.1, 0.15) is 0 Å². The van der Waals surface area contributed by atoms with Crippen LogP contribution in [0.1, 0.15) is 51.9 Å². The standard InChI is InChI=1S/C12H20O4/c1-2-3-4-5-6-7-11(13)16-10-8-9-15-12(10)14/h10H,2-9H2,1H3/t10-/m1/s1. The smallest absolute Gasteiger partial charge is 0.347 e. The maximum absolute atomic E-state index is 11.3. The first-order valence-corrected chi connectivity index (χ1v) is 6.10. The van der Waals surface area contributed by atoms with Gasteiger partial charge in [0.25, 0.3) is 0 Å². The molecule has 0 N–H and O–H groups in total. The molecule has 0 spiro atoms. The maximum Gasteiger partial charge on any atom is 0.347 e. The molecule has 0 aliphatic carbocycles. The minimum atomic E-state index is -0.650. The molecule has 1 heterocycles. The highest BCUT2D eigenvalue weighted by atomic mass is 16.6. The molecule has 1 aliphatic heterocycles. The Hall–Kier alpha value is -1.06. The molecule has 0 amide bonds. The maximum atomic E-state index is 11.3. The van der Waals surface area contributed by atoms with Gasteiger partial charge < -0.3 is 9.47 Å². The topological polar surface area (TPSA) is 52.6 Å². The van der Waals surface area contributed by atoms with Gasteiger partial charge in [0.2, 0.25) is 6.10 Å². The zero-order chi connectivity index (χ0) is 11.8. The van der Waals surface area contributed by atoms with Gasteiger partial charge in [-0.15, -0.1) is 0 Å². The first kappa shape index (κ1) is 13.0. The number of carbonyl (C=O) groups excluding carboxylic acids is 2. The summed E-state index contributed by atoms with van der Waals surface area (Å²) in [6, 6.07) is 0. The lowest BCUT2D eigenvalue weighted by Crippen LogP contribution is -2.22. The quantitative estimate of drug-likeness (QED) is 0.495. The molecule has 4 heteroatoms. The molecule has 0 aromatic carbocycles. The lowest BCUT2D eigenvalue weighted by Gasteiger charge is -2.07. The van der Waals surface area contributed by atoms with Gasteiger partial charge in [0.05, 0.1) is 6.61 Å². The predicted molar refractivity (Wildman–Crippen MR) is 58.8 cm³/mol. The second kappa shape index (κ2) is 7.25. The summed E-state index contributed by atoms with van der Waals surface area (Å²) in [4.78, 5) is 22.4. The summed E-state index contributed by atoms with van der Waals surface area (Å²) in [7, 11) is 0. The summed E-state index contributed by atoms with van der Waals surface area (Å²) in [5.74, 6) is -0.681. The van der Waals surface area contributed by atoms with Crippen LogP contribution in [0.3, 0.4) is 0 Å². The number of hydrogen-bond acceptors (Lipinski definition) is 4. The monoisotopic (exact) mass is 228 g/mol. The van der Waals surface area contributed by atoms with Crippen molar-refractivity contribution in [3.63, 3.8) is 0 Å². The molecule has 0 aromatic heterocycles. The zero-order valence-electron chi connectivity index (χ0n) is 9.87. The molecule has 0 saturated carbocycles. The SMILES string of the molecule is CCCCCCCC(=O)O[C@@H]1CCOC1=O. The molecule has 16 heavy (non-hydrogen) atoms. The van der Waals surface area contributed by atoms with E-state index in [0.29, 0.717) is 19.4 Å². The molecule has 0 bridgehead atoms. The second-order valence-electron chi connectivity index (χ2n) is 4.10. The molecule has 4 nitrogen and oxygen atoms in total. The van der Waals surface area contributed by atoms with Crippen LogP contribution in [0.15, 0.2) is 0 Å². The normalized spacial score (nSPS) is 19.6. The molecular formula is C12H20O4. The number of unbranched alkanes of at least 4 members (excludes halogenated alkanes) is 4. The van der Waals surface area contributed by atoms with Crippen molar-refractivity contribution in [2.45, 2.75) is 58.0 Å². The third-order valence-electron chi connectivity index (χ3n) is 2.65. The van der Waals surface area contributed by atoms with Crippen LogP contribution in [0.5, 0.6) is 0 Å². The van der Waals surface area contributed by atoms with Crippen molar-refractivity contribution in [3.8, 4) is 0 Å². The van der Waals surface area contributed by atoms with Crippen molar-refractivity contribution in [1.82, 2.24) is 0 Å². The average molecular weight is 228 g/mol. The van der Waals surface area contributed by atoms with Gasteiger partial charge in [0, 0.05) is 12.8 Å². The van der Waals surface area contributed by atoms with E-state index in [1.54, 1.807) is 0 Å². The van der Waals surface area contributed by atoms with Crippen LogP contribution < -0.4 is 0 Å². The van der Waals surface area contributed by atoms with Crippen LogP contribution in [0.4, 0.5) is 0 Å². The zero-order valence-corrected chi connectivity index (χ0v) is 9.87. The van der Waals surface area contributed by atoms with E-state index in [2.05, 4.69) is 6.92 Å². The molecule has 1 rings (SSSR count). The predicted octanol–water partition coefficient (Wildman–Crippen LogP) is 2.21. The molecule has 1 aliphatic rings. The number of hydrogen-bond donors (Lipinski definition) is 0. The van der Waals surface area contributed by atoms with Crippen LogP contribution in [0, 0.1) is 0 Å². The summed E-state index contributed by atoms with van der Waals surface area (Å²) in [6.45, 7) is 2.52. The lowest BCUT2D eigenvalue weighted by atomic mass is 10.1. The van der Waals surface area contributed by atoms with Crippen molar-refractivity contribution in [3.05, 3.63) is 0 Å². The van der Waals surface area contributed by atoms with Crippen LogP contribution >= 0.6 is 0 Å². The van der Waals surface area contributed by atoms with Crippen molar-refractivity contribution in [1.29, 1.82) is 0 Å². The Labute approximate surface area is 96.3 Å². The van der Waals surface area contributed by atoms with Gasteiger partial charge in [-0.2, -0.15) is 0 Å². The Balaban J connectivity index is 2.04. The highest BCUT2D eigenvalue weighted by molar-refractivity contribution is 5.80. The number of rotatable bonds is 7.